The molecular formula is C40H52N2O10. The molecule has 282 valence electrons. The summed E-state index contributed by atoms with van der Waals surface area (Å²) < 4.78 is 30.8. The number of ether oxygens (including phenoxy) is 5. The normalized spacial score (nSPS) is 25.2. The smallest absolute Gasteiger partial charge is 0.409 e. The first-order valence-electron chi connectivity index (χ1n) is 18.1. The number of hydrogen-bond acceptors (Lipinski definition) is 11. The van der Waals surface area contributed by atoms with Crippen LogP contribution in [0.4, 0.5) is 4.79 Å². The van der Waals surface area contributed by atoms with E-state index < -0.39 is 23.8 Å². The number of aldehydes is 1. The topological polar surface area (TPSA) is 146 Å². The van der Waals surface area contributed by atoms with Crippen LogP contribution in [-0.4, -0.2) is 92.7 Å². The van der Waals surface area contributed by atoms with E-state index in [1.807, 2.05) is 25.1 Å². The Morgan fingerprint density at radius 3 is 2.48 bits per heavy atom. The van der Waals surface area contributed by atoms with Crippen LogP contribution >= 0.6 is 0 Å². The predicted molar refractivity (Wildman–Crippen MR) is 195 cm³/mol. The zero-order chi connectivity index (χ0) is 37.3. The zero-order valence-corrected chi connectivity index (χ0v) is 30.6. The van der Waals surface area contributed by atoms with Crippen LogP contribution in [0.5, 0.6) is 23.0 Å². The van der Waals surface area contributed by atoms with Crippen LogP contribution in [0.25, 0.3) is 0 Å². The first kappa shape index (κ1) is 38.8. The number of rotatable bonds is 18. The molecule has 2 aliphatic carbocycles. The molecule has 0 bridgehead atoms. The van der Waals surface area contributed by atoms with Crippen molar-refractivity contribution in [1.82, 2.24) is 4.90 Å². The first-order valence-corrected chi connectivity index (χ1v) is 18.1. The van der Waals surface area contributed by atoms with E-state index in [2.05, 4.69) is 17.8 Å². The molecule has 2 N–H and O–H groups in total. The van der Waals surface area contributed by atoms with Crippen LogP contribution in [0.1, 0.15) is 73.7 Å². The molecule has 2 aromatic rings. The number of likely N-dealkylation sites (N-methyl/N-ethyl adjacent to an activating group) is 1. The maximum atomic E-state index is 13.3. The largest absolute Gasteiger partial charge is 0.496 e. The molecule has 52 heavy (non-hydrogen) atoms. The molecule has 5 rings (SSSR count). The number of oxime groups is 1. The first-order chi connectivity index (χ1) is 25.3. The summed E-state index contributed by atoms with van der Waals surface area (Å²) in [5.74, 6) is 0.184. The summed E-state index contributed by atoms with van der Waals surface area (Å²) in [6, 6.07) is 10.1. The average molecular weight is 721 g/mol. The van der Waals surface area contributed by atoms with Gasteiger partial charge >= 0.3 is 6.09 Å². The highest BCUT2D eigenvalue weighted by Gasteiger charge is 2.65. The van der Waals surface area contributed by atoms with Crippen molar-refractivity contribution >= 4 is 18.1 Å². The molecule has 0 aromatic heterocycles. The van der Waals surface area contributed by atoms with Crippen molar-refractivity contribution in [2.45, 2.75) is 69.6 Å². The standard InChI is InChI=1S/C40H52N2O10/c1-6-20-49-40-36(42(3)39(46)48-5)24-33(41-50-7-2)31-22-26(12-8-10-18-43)30(13-9-11-19-44)37(38(31)40)32-23-29(15-17-35(32)52-40)51-28-14-16-34(47-4)27(21-28)25-45/h6,14-17,21-23,25-26,30,36-38,43-44H,1,7-13,18-20,24H2,2-5H3/t26-,30+,36-,37+,38+,40+/m0/s1. The van der Waals surface area contributed by atoms with Crippen molar-refractivity contribution in [3.8, 4) is 23.0 Å². The monoisotopic (exact) mass is 720 g/mol. The number of carbonyl (C=O) groups is 2. The Kier molecular flexibility index (Phi) is 13.4. The fraction of sp³-hybridized carbons (Fsp3) is 0.525. The van der Waals surface area contributed by atoms with E-state index in [1.165, 1.54) is 19.1 Å². The molecule has 6 atom stereocenters. The molecule has 0 spiro atoms. The van der Waals surface area contributed by atoms with Crippen LogP contribution in [0.3, 0.4) is 0 Å². The fourth-order valence-corrected chi connectivity index (χ4v) is 8.21. The van der Waals surface area contributed by atoms with E-state index in [0.29, 0.717) is 53.7 Å². The third kappa shape index (κ3) is 7.84. The number of nitrogens with zero attached hydrogens (tertiary/aromatic N) is 2. The third-order valence-electron chi connectivity index (χ3n) is 10.4. The molecule has 12 nitrogen and oxygen atoms in total. The molecule has 1 heterocycles. The molecular weight excluding hydrogens is 668 g/mol. The highest BCUT2D eigenvalue weighted by Crippen LogP contribution is 2.62. The van der Waals surface area contributed by atoms with Gasteiger partial charge in [0.1, 0.15) is 35.6 Å². The number of methoxy groups -OCH3 is 2. The van der Waals surface area contributed by atoms with Crippen molar-refractivity contribution in [3.05, 3.63) is 71.8 Å². The van der Waals surface area contributed by atoms with Crippen molar-refractivity contribution < 1.29 is 48.3 Å². The van der Waals surface area contributed by atoms with Gasteiger partial charge in [-0.25, -0.2) is 4.79 Å². The van der Waals surface area contributed by atoms with Crippen LogP contribution in [-0.2, 0) is 14.3 Å². The Morgan fingerprint density at radius 1 is 1.08 bits per heavy atom. The fourth-order valence-electron chi connectivity index (χ4n) is 8.21. The number of benzene rings is 2. The number of unbranched alkanes of at least 4 members (excludes halogenated alkanes) is 2. The van der Waals surface area contributed by atoms with E-state index in [-0.39, 0.29) is 44.0 Å². The minimum absolute atomic E-state index is 0.0572. The van der Waals surface area contributed by atoms with Crippen LogP contribution in [0.2, 0.25) is 0 Å². The van der Waals surface area contributed by atoms with Crippen molar-refractivity contribution in [1.29, 1.82) is 0 Å². The Balaban J connectivity index is 1.74. The lowest BCUT2D eigenvalue weighted by atomic mass is 9.55. The number of allylic oxidation sites excluding steroid dienone is 1. The third-order valence-corrected chi connectivity index (χ3v) is 10.4. The average Bonchev–Trinajstić information content (AvgIpc) is 3.16. The summed E-state index contributed by atoms with van der Waals surface area (Å²) in [5, 5.41) is 24.2. The lowest BCUT2D eigenvalue weighted by Crippen LogP contribution is -2.69. The second-order valence-electron chi connectivity index (χ2n) is 13.4. The summed E-state index contributed by atoms with van der Waals surface area (Å²) in [5.41, 5.74) is 2.92. The minimum Gasteiger partial charge on any atom is -0.496 e. The van der Waals surface area contributed by atoms with Gasteiger partial charge in [0.2, 0.25) is 5.79 Å². The van der Waals surface area contributed by atoms with Crippen LogP contribution < -0.4 is 14.2 Å². The van der Waals surface area contributed by atoms with Gasteiger partial charge in [0.15, 0.2) is 6.29 Å². The Bertz CT molecular complexity index is 1630. The number of aliphatic hydroxyl groups is 2. The molecule has 0 saturated heterocycles. The van der Waals surface area contributed by atoms with E-state index in [9.17, 15) is 19.8 Å². The van der Waals surface area contributed by atoms with Crippen LogP contribution in [0, 0.1) is 17.8 Å². The van der Waals surface area contributed by atoms with Gasteiger partial charge in [0.25, 0.3) is 0 Å². The summed E-state index contributed by atoms with van der Waals surface area (Å²) in [6.07, 6.45) is 9.00. The summed E-state index contributed by atoms with van der Waals surface area (Å²) in [7, 11) is 4.53. The molecule has 1 amide bonds. The van der Waals surface area contributed by atoms with Gasteiger partial charge in [-0.3, -0.25) is 4.79 Å². The lowest BCUT2D eigenvalue weighted by Gasteiger charge is -2.59. The van der Waals surface area contributed by atoms with Gasteiger partial charge in [-0.05, 0) is 86.4 Å². The summed E-state index contributed by atoms with van der Waals surface area (Å²) in [6.45, 7) is 6.52. The van der Waals surface area contributed by atoms with E-state index >= 15 is 0 Å². The number of fused-ring (bicyclic) bond motifs is 2. The van der Waals surface area contributed by atoms with Gasteiger partial charge in [-0.1, -0.05) is 30.1 Å². The second kappa shape index (κ2) is 17.9. The lowest BCUT2D eigenvalue weighted by molar-refractivity contribution is -0.253. The van der Waals surface area contributed by atoms with E-state index in [0.717, 1.165) is 43.1 Å². The van der Waals surface area contributed by atoms with Crippen molar-refractivity contribution in [3.63, 3.8) is 0 Å². The highest BCUT2D eigenvalue weighted by molar-refractivity contribution is 6.02. The van der Waals surface area contributed by atoms with Crippen LogP contribution in [0.15, 0.2) is 65.9 Å². The number of amides is 1. The Morgan fingerprint density at radius 2 is 1.81 bits per heavy atom. The Hall–Kier alpha value is -4.39. The molecule has 3 aliphatic rings. The van der Waals surface area contributed by atoms with E-state index in [1.54, 1.807) is 31.3 Å². The summed E-state index contributed by atoms with van der Waals surface area (Å²) in [4.78, 5) is 32.3. The molecule has 1 fully saturated rings. The molecule has 1 saturated carbocycles. The highest BCUT2D eigenvalue weighted by atomic mass is 16.7. The van der Waals surface area contributed by atoms with Gasteiger partial charge in [0.05, 0.1) is 38.0 Å². The SMILES string of the molecule is C=CCO[C@@]12Oc3ccc(Oc4ccc(OC)c(C=O)c4)cc3[C@H]3[C@H](CCCCO)[C@@H](CCCCO)C=C(C(=NOCC)C[C@@H]1N(C)C(=O)OC)[C@H]32. The summed E-state index contributed by atoms with van der Waals surface area (Å²) >= 11 is 0. The molecule has 0 unspecified atom stereocenters. The van der Waals surface area contributed by atoms with E-state index in [4.69, 9.17) is 28.5 Å². The number of carbonyl (C=O) groups excluding carboxylic acids is 2. The second-order valence-corrected chi connectivity index (χ2v) is 13.4. The molecule has 1 aliphatic heterocycles. The predicted octanol–water partition coefficient (Wildman–Crippen LogP) is 6.65. The van der Waals surface area contributed by atoms with Crippen molar-refractivity contribution in [2.75, 3.05) is 47.7 Å². The Labute approximate surface area is 306 Å². The number of aliphatic hydroxyl groups excluding tert-OH is 2. The van der Waals surface area contributed by atoms with Gasteiger partial charge < -0.3 is 43.6 Å². The molecule has 0 radical (unpaired) electrons. The number of hydrogen-bond donors (Lipinski definition) is 2. The van der Waals surface area contributed by atoms with Gasteiger partial charge in [-0.15, -0.1) is 6.58 Å². The van der Waals surface area contributed by atoms with Gasteiger partial charge in [-0.2, -0.15) is 0 Å². The quantitative estimate of drug-likeness (QED) is 0.0743. The maximum Gasteiger partial charge on any atom is 0.409 e. The minimum atomic E-state index is -1.37. The molecule has 2 aromatic carbocycles. The van der Waals surface area contributed by atoms with Gasteiger partial charge in [0, 0.05) is 38.2 Å². The molecule has 12 heteroatoms. The zero-order valence-electron chi connectivity index (χ0n) is 30.6. The van der Waals surface area contributed by atoms with Crippen molar-refractivity contribution in [2.24, 2.45) is 22.9 Å². The maximum absolute atomic E-state index is 13.3.